The van der Waals surface area contributed by atoms with Gasteiger partial charge in [-0.2, -0.15) is 0 Å². The van der Waals surface area contributed by atoms with E-state index in [-0.39, 0.29) is 0 Å². The number of rotatable bonds is 8. The van der Waals surface area contributed by atoms with Crippen molar-refractivity contribution in [1.82, 2.24) is 15.2 Å². The SMILES string of the molecule is COc1ccc2[nH]c(C)c(CCN(Cc3ccco3)C(=S)NCc3ccccc3)c2c1. The zero-order valence-corrected chi connectivity index (χ0v) is 18.7. The van der Waals surface area contributed by atoms with Gasteiger partial charge in [0.25, 0.3) is 0 Å². The lowest BCUT2D eigenvalue weighted by molar-refractivity contribution is 0.359. The van der Waals surface area contributed by atoms with Crippen LogP contribution in [0.2, 0.25) is 0 Å². The van der Waals surface area contributed by atoms with Crippen molar-refractivity contribution in [1.29, 1.82) is 0 Å². The molecule has 0 atom stereocenters. The second-order valence-electron chi connectivity index (χ2n) is 7.54. The Kier molecular flexibility index (Phi) is 6.57. The predicted molar refractivity (Wildman–Crippen MR) is 128 cm³/mol. The third-order valence-corrected chi connectivity index (χ3v) is 5.86. The number of furan rings is 1. The number of nitrogens with zero attached hydrogens (tertiary/aromatic N) is 1. The first-order chi connectivity index (χ1) is 15.1. The van der Waals surface area contributed by atoms with Gasteiger partial charge in [-0.1, -0.05) is 30.3 Å². The standard InChI is InChI=1S/C25H27N3O2S/c1-18-22(23-15-20(29-2)10-11-24(23)27-18)12-13-28(17-21-9-6-14-30-21)25(31)26-16-19-7-4-3-5-8-19/h3-11,14-15,27H,12-13,16-17H2,1-2H3,(H,26,31). The molecule has 0 aliphatic rings. The smallest absolute Gasteiger partial charge is 0.169 e. The highest BCUT2D eigenvalue weighted by molar-refractivity contribution is 7.80. The lowest BCUT2D eigenvalue weighted by Gasteiger charge is -2.25. The molecule has 0 saturated heterocycles. The van der Waals surface area contributed by atoms with Crippen LogP contribution in [-0.2, 0) is 19.5 Å². The molecule has 4 rings (SSSR count). The summed E-state index contributed by atoms with van der Waals surface area (Å²) in [4.78, 5) is 5.64. The number of ether oxygens (including phenoxy) is 1. The number of methoxy groups -OCH3 is 1. The molecular formula is C25H27N3O2S. The number of fused-ring (bicyclic) bond motifs is 1. The maximum Gasteiger partial charge on any atom is 0.169 e. The fourth-order valence-electron chi connectivity index (χ4n) is 3.79. The number of aromatic amines is 1. The molecule has 6 heteroatoms. The van der Waals surface area contributed by atoms with Crippen molar-refractivity contribution in [2.45, 2.75) is 26.4 Å². The molecule has 160 valence electrons. The molecule has 0 bridgehead atoms. The minimum absolute atomic E-state index is 0.623. The van der Waals surface area contributed by atoms with E-state index in [1.165, 1.54) is 22.2 Å². The Balaban J connectivity index is 1.50. The monoisotopic (exact) mass is 433 g/mol. The van der Waals surface area contributed by atoms with Gasteiger partial charge in [-0.25, -0.2) is 0 Å². The number of benzene rings is 2. The van der Waals surface area contributed by atoms with Crippen LogP contribution >= 0.6 is 12.2 Å². The highest BCUT2D eigenvalue weighted by Gasteiger charge is 2.15. The zero-order chi connectivity index (χ0) is 21.6. The maximum atomic E-state index is 5.76. The first kappa shape index (κ1) is 21.0. The maximum absolute atomic E-state index is 5.76. The molecule has 5 nitrogen and oxygen atoms in total. The summed E-state index contributed by atoms with van der Waals surface area (Å²) in [5, 5.41) is 5.31. The molecule has 0 aliphatic carbocycles. The van der Waals surface area contributed by atoms with Gasteiger partial charge < -0.3 is 24.4 Å². The predicted octanol–water partition coefficient (Wildman–Crippen LogP) is 5.20. The molecule has 2 aromatic heterocycles. The molecule has 0 aliphatic heterocycles. The summed E-state index contributed by atoms with van der Waals surface area (Å²) in [6.45, 7) is 4.20. The summed E-state index contributed by atoms with van der Waals surface area (Å²) >= 11 is 5.76. The Labute approximate surface area is 188 Å². The minimum Gasteiger partial charge on any atom is -0.497 e. The average Bonchev–Trinajstić information content (AvgIpc) is 3.42. The number of aromatic nitrogens is 1. The van der Waals surface area contributed by atoms with E-state index < -0.39 is 0 Å². The van der Waals surface area contributed by atoms with E-state index >= 15 is 0 Å². The van der Waals surface area contributed by atoms with E-state index in [9.17, 15) is 0 Å². The fraction of sp³-hybridized carbons (Fsp3) is 0.240. The van der Waals surface area contributed by atoms with Crippen LogP contribution in [0.3, 0.4) is 0 Å². The Morgan fingerprint density at radius 3 is 2.71 bits per heavy atom. The lowest BCUT2D eigenvalue weighted by atomic mass is 10.1. The van der Waals surface area contributed by atoms with Gasteiger partial charge in [0, 0.05) is 29.7 Å². The van der Waals surface area contributed by atoms with Crippen LogP contribution in [0.4, 0.5) is 0 Å². The Hall–Kier alpha value is -3.25. The highest BCUT2D eigenvalue weighted by Crippen LogP contribution is 2.27. The molecule has 0 fully saturated rings. The summed E-state index contributed by atoms with van der Waals surface area (Å²) in [6, 6.07) is 20.3. The molecule has 0 amide bonds. The molecule has 4 aromatic rings. The van der Waals surface area contributed by atoms with Crippen molar-refractivity contribution in [3.05, 3.63) is 89.5 Å². The molecule has 2 N–H and O–H groups in total. The molecule has 31 heavy (non-hydrogen) atoms. The summed E-state index contributed by atoms with van der Waals surface area (Å²) in [6.07, 6.45) is 2.55. The number of hydrogen-bond acceptors (Lipinski definition) is 3. The van der Waals surface area contributed by atoms with Crippen LogP contribution in [0.1, 0.15) is 22.6 Å². The van der Waals surface area contributed by atoms with Crippen molar-refractivity contribution in [2.75, 3.05) is 13.7 Å². The third-order valence-electron chi connectivity index (χ3n) is 5.46. The summed E-state index contributed by atoms with van der Waals surface area (Å²) in [5.41, 5.74) is 4.77. The molecule has 2 heterocycles. The molecule has 0 saturated carbocycles. The number of aryl methyl sites for hydroxylation is 1. The number of nitrogens with one attached hydrogen (secondary N) is 2. The fourth-order valence-corrected chi connectivity index (χ4v) is 4.01. The van der Waals surface area contributed by atoms with E-state index in [4.69, 9.17) is 21.4 Å². The van der Waals surface area contributed by atoms with Gasteiger partial charge in [0.2, 0.25) is 0 Å². The van der Waals surface area contributed by atoms with Gasteiger partial charge in [0.1, 0.15) is 11.5 Å². The Bertz CT molecular complexity index is 1140. The van der Waals surface area contributed by atoms with Gasteiger partial charge in [-0.3, -0.25) is 0 Å². The molecule has 0 unspecified atom stereocenters. The topological polar surface area (TPSA) is 53.4 Å². The largest absolute Gasteiger partial charge is 0.497 e. The highest BCUT2D eigenvalue weighted by atomic mass is 32.1. The normalized spacial score (nSPS) is 10.9. The van der Waals surface area contributed by atoms with Crippen molar-refractivity contribution in [3.8, 4) is 5.75 Å². The van der Waals surface area contributed by atoms with Crippen molar-refractivity contribution < 1.29 is 9.15 Å². The van der Waals surface area contributed by atoms with Gasteiger partial charge in [0.05, 0.1) is 19.9 Å². The van der Waals surface area contributed by atoms with Crippen molar-refractivity contribution in [3.63, 3.8) is 0 Å². The summed E-state index contributed by atoms with van der Waals surface area (Å²) in [5.74, 6) is 1.75. The molecular weight excluding hydrogens is 406 g/mol. The van der Waals surface area contributed by atoms with E-state index in [1.807, 2.05) is 36.4 Å². The Morgan fingerprint density at radius 2 is 1.97 bits per heavy atom. The summed E-state index contributed by atoms with van der Waals surface area (Å²) < 4.78 is 11.0. The second-order valence-corrected chi connectivity index (χ2v) is 7.92. The lowest BCUT2D eigenvalue weighted by Crippen LogP contribution is -2.40. The van der Waals surface area contributed by atoms with Crippen LogP contribution in [0.5, 0.6) is 5.75 Å². The van der Waals surface area contributed by atoms with Crippen LogP contribution in [-0.4, -0.2) is 28.7 Å². The molecule has 0 spiro atoms. The average molecular weight is 434 g/mol. The van der Waals surface area contributed by atoms with E-state index in [2.05, 4.69) is 46.4 Å². The first-order valence-electron chi connectivity index (χ1n) is 10.4. The van der Waals surface area contributed by atoms with Crippen LogP contribution in [0.25, 0.3) is 10.9 Å². The van der Waals surface area contributed by atoms with E-state index in [0.29, 0.717) is 13.1 Å². The van der Waals surface area contributed by atoms with Crippen LogP contribution in [0.15, 0.2) is 71.3 Å². The zero-order valence-electron chi connectivity index (χ0n) is 17.9. The van der Waals surface area contributed by atoms with Gasteiger partial charge in [0.15, 0.2) is 5.11 Å². The Morgan fingerprint density at radius 1 is 1.13 bits per heavy atom. The van der Waals surface area contributed by atoms with Crippen molar-refractivity contribution >= 4 is 28.2 Å². The number of hydrogen-bond donors (Lipinski definition) is 2. The van der Waals surface area contributed by atoms with Crippen LogP contribution in [0, 0.1) is 6.92 Å². The number of thiocarbonyl (C=S) groups is 1. The van der Waals surface area contributed by atoms with Gasteiger partial charge >= 0.3 is 0 Å². The van der Waals surface area contributed by atoms with E-state index in [0.717, 1.165) is 35.1 Å². The van der Waals surface area contributed by atoms with Crippen molar-refractivity contribution in [2.24, 2.45) is 0 Å². The van der Waals surface area contributed by atoms with Gasteiger partial charge in [-0.15, -0.1) is 0 Å². The first-order valence-corrected chi connectivity index (χ1v) is 10.8. The third kappa shape index (κ3) is 5.09. The van der Waals surface area contributed by atoms with Crippen LogP contribution < -0.4 is 10.1 Å². The second kappa shape index (κ2) is 9.71. The molecule has 0 radical (unpaired) electrons. The van der Waals surface area contributed by atoms with E-state index in [1.54, 1.807) is 13.4 Å². The quantitative estimate of drug-likeness (QED) is 0.374. The summed E-state index contributed by atoms with van der Waals surface area (Å²) in [7, 11) is 1.70. The molecule has 2 aromatic carbocycles. The minimum atomic E-state index is 0.623. The van der Waals surface area contributed by atoms with Gasteiger partial charge in [-0.05, 0) is 67.0 Å². The number of H-pyrrole nitrogens is 1.